The van der Waals surface area contributed by atoms with Crippen molar-refractivity contribution in [2.24, 2.45) is 0 Å². The van der Waals surface area contributed by atoms with Crippen molar-refractivity contribution in [3.05, 3.63) is 92.7 Å². The Labute approximate surface area is 194 Å². The highest BCUT2D eigenvalue weighted by molar-refractivity contribution is 7.16. The first-order valence-corrected chi connectivity index (χ1v) is 11.5. The predicted octanol–water partition coefficient (Wildman–Crippen LogP) is 4.50. The molecule has 168 valence electrons. The molecule has 1 amide bonds. The third-order valence-corrected chi connectivity index (χ3v) is 6.31. The van der Waals surface area contributed by atoms with Gasteiger partial charge in [-0.15, -0.1) is 11.3 Å². The molecule has 0 saturated heterocycles. The van der Waals surface area contributed by atoms with Crippen LogP contribution in [0.2, 0.25) is 0 Å². The Morgan fingerprint density at radius 3 is 2.42 bits per heavy atom. The number of anilines is 1. The van der Waals surface area contributed by atoms with Gasteiger partial charge in [0.05, 0.1) is 24.1 Å². The maximum absolute atomic E-state index is 13.3. The lowest BCUT2D eigenvalue weighted by Crippen LogP contribution is -2.28. The number of nitrogens with one attached hydrogen (secondary N) is 1. The van der Waals surface area contributed by atoms with Gasteiger partial charge in [0.15, 0.2) is 5.69 Å². The third-order valence-electron chi connectivity index (χ3n) is 5.11. The fourth-order valence-electron chi connectivity index (χ4n) is 3.50. The quantitative estimate of drug-likeness (QED) is 0.409. The first kappa shape index (κ1) is 22.4. The number of hydrogen-bond donors (Lipinski definition) is 1. The number of thiophene rings is 1. The van der Waals surface area contributed by atoms with Gasteiger partial charge in [-0.2, -0.15) is 5.10 Å². The van der Waals surface area contributed by atoms with E-state index in [-0.39, 0.29) is 24.4 Å². The van der Waals surface area contributed by atoms with Gasteiger partial charge in [0.2, 0.25) is 0 Å². The average Bonchev–Trinajstić information content (AvgIpc) is 3.24. The van der Waals surface area contributed by atoms with Gasteiger partial charge in [0.25, 0.3) is 11.5 Å². The Morgan fingerprint density at radius 2 is 1.73 bits per heavy atom. The second kappa shape index (κ2) is 9.79. The molecule has 4 aromatic rings. The summed E-state index contributed by atoms with van der Waals surface area (Å²) in [7, 11) is 0. The molecule has 0 saturated carbocycles. The van der Waals surface area contributed by atoms with Gasteiger partial charge in [-0.05, 0) is 31.0 Å². The Balaban J connectivity index is 1.76. The number of amides is 1. The maximum atomic E-state index is 13.3. The molecule has 0 atom stereocenters. The van der Waals surface area contributed by atoms with Crippen molar-refractivity contribution in [2.75, 3.05) is 11.9 Å². The van der Waals surface area contributed by atoms with Crippen LogP contribution in [0.5, 0.6) is 0 Å². The number of nitrogens with zero attached hydrogens (tertiary/aromatic N) is 2. The molecule has 0 aliphatic carbocycles. The number of carbonyl (C=O) groups is 2. The van der Waals surface area contributed by atoms with E-state index in [1.54, 1.807) is 37.3 Å². The van der Waals surface area contributed by atoms with Crippen LogP contribution >= 0.6 is 11.3 Å². The molecule has 8 heteroatoms. The molecule has 0 radical (unpaired) electrons. The molecule has 0 spiro atoms. The number of ether oxygens (including phenoxy) is 1. The number of fused-ring (bicyclic) bond motifs is 1. The van der Waals surface area contributed by atoms with Gasteiger partial charge in [-0.3, -0.25) is 9.59 Å². The lowest BCUT2D eigenvalue weighted by atomic mass is 10.1. The zero-order valence-corrected chi connectivity index (χ0v) is 19.1. The summed E-state index contributed by atoms with van der Waals surface area (Å²) in [5, 5.41) is 8.49. The van der Waals surface area contributed by atoms with Crippen LogP contribution in [-0.2, 0) is 17.7 Å². The van der Waals surface area contributed by atoms with Crippen molar-refractivity contribution < 1.29 is 14.3 Å². The highest BCUT2D eigenvalue weighted by atomic mass is 32.1. The molecular weight excluding hydrogens is 438 g/mol. The van der Waals surface area contributed by atoms with Crippen LogP contribution in [0.1, 0.15) is 45.1 Å². The van der Waals surface area contributed by atoms with Gasteiger partial charge < -0.3 is 10.1 Å². The number of rotatable bonds is 7. The Morgan fingerprint density at radius 1 is 1.03 bits per heavy atom. The summed E-state index contributed by atoms with van der Waals surface area (Å²) in [4.78, 5) is 39.7. The Bertz CT molecular complexity index is 1380. The van der Waals surface area contributed by atoms with Gasteiger partial charge >= 0.3 is 5.97 Å². The highest BCUT2D eigenvalue weighted by Crippen LogP contribution is 2.30. The molecule has 4 rings (SSSR count). The Hall–Kier alpha value is -3.78. The maximum Gasteiger partial charge on any atom is 0.341 e. The molecule has 2 aromatic carbocycles. The molecule has 0 unspecified atom stereocenters. The van der Waals surface area contributed by atoms with Gasteiger partial charge in [0.1, 0.15) is 5.00 Å². The van der Waals surface area contributed by atoms with E-state index >= 15 is 0 Å². The summed E-state index contributed by atoms with van der Waals surface area (Å²) in [5.41, 5.74) is 1.04. The largest absolute Gasteiger partial charge is 0.462 e. The predicted molar refractivity (Wildman–Crippen MR) is 129 cm³/mol. The van der Waals surface area contributed by atoms with E-state index < -0.39 is 11.9 Å². The summed E-state index contributed by atoms with van der Waals surface area (Å²) < 4.78 is 6.44. The van der Waals surface area contributed by atoms with Crippen molar-refractivity contribution >= 4 is 39.0 Å². The van der Waals surface area contributed by atoms with E-state index in [9.17, 15) is 14.4 Å². The van der Waals surface area contributed by atoms with Gasteiger partial charge in [-0.25, -0.2) is 9.48 Å². The minimum absolute atomic E-state index is 0.113. The monoisotopic (exact) mass is 461 g/mol. The smallest absolute Gasteiger partial charge is 0.341 e. The molecule has 2 heterocycles. The second-order valence-electron chi connectivity index (χ2n) is 7.33. The lowest BCUT2D eigenvalue weighted by molar-refractivity contribution is 0.0528. The van der Waals surface area contributed by atoms with Crippen LogP contribution in [-0.4, -0.2) is 28.3 Å². The molecule has 0 aliphatic rings. The van der Waals surface area contributed by atoms with Crippen molar-refractivity contribution in [1.82, 2.24) is 9.78 Å². The highest BCUT2D eigenvalue weighted by Gasteiger charge is 2.22. The van der Waals surface area contributed by atoms with Crippen molar-refractivity contribution in [3.63, 3.8) is 0 Å². The van der Waals surface area contributed by atoms with Crippen LogP contribution < -0.4 is 10.9 Å². The first-order chi connectivity index (χ1) is 16.0. The SMILES string of the molecule is CCOC(=O)c1cc(CC)sc1NC(=O)c1nn(Cc2ccccc2)c(=O)c2ccccc12. The number of carbonyl (C=O) groups excluding carboxylic acids is 2. The van der Waals surface area contributed by atoms with Crippen LogP contribution in [0.4, 0.5) is 5.00 Å². The van der Waals surface area contributed by atoms with Crippen LogP contribution in [0.25, 0.3) is 10.8 Å². The molecule has 2 aromatic heterocycles. The van der Waals surface area contributed by atoms with Crippen molar-refractivity contribution in [2.45, 2.75) is 26.8 Å². The number of esters is 1. The standard InChI is InChI=1S/C25H23N3O4S/c1-3-17-14-20(25(31)32-4-2)23(33-17)26-22(29)21-18-12-8-9-13-19(18)24(30)28(27-21)15-16-10-6-5-7-11-16/h5-14H,3-4,15H2,1-2H3,(H,26,29). The van der Waals surface area contributed by atoms with Gasteiger partial charge in [0, 0.05) is 10.3 Å². The topological polar surface area (TPSA) is 90.3 Å². The van der Waals surface area contributed by atoms with E-state index in [1.807, 2.05) is 37.3 Å². The molecule has 0 aliphatic heterocycles. The summed E-state index contributed by atoms with van der Waals surface area (Å²) in [6.45, 7) is 4.17. The summed E-state index contributed by atoms with van der Waals surface area (Å²) in [6.07, 6.45) is 0.718. The first-order valence-electron chi connectivity index (χ1n) is 10.7. The fraction of sp³-hybridized carbons (Fsp3) is 0.200. The van der Waals surface area contributed by atoms with Gasteiger partial charge in [-0.1, -0.05) is 55.5 Å². The van der Waals surface area contributed by atoms with Crippen LogP contribution in [0.15, 0.2) is 65.5 Å². The van der Waals surface area contributed by atoms with E-state index in [0.717, 1.165) is 16.9 Å². The number of aryl methyl sites for hydroxylation is 1. The minimum atomic E-state index is -0.497. The minimum Gasteiger partial charge on any atom is -0.462 e. The molecule has 33 heavy (non-hydrogen) atoms. The number of benzene rings is 2. The summed E-state index contributed by atoms with van der Waals surface area (Å²) >= 11 is 1.32. The molecular formula is C25H23N3O4S. The third kappa shape index (κ3) is 4.70. The molecule has 0 bridgehead atoms. The van der Waals surface area contributed by atoms with Crippen LogP contribution in [0, 0.1) is 0 Å². The van der Waals surface area contributed by atoms with E-state index in [4.69, 9.17) is 4.74 Å². The van der Waals surface area contributed by atoms with Crippen molar-refractivity contribution in [3.8, 4) is 0 Å². The molecule has 7 nitrogen and oxygen atoms in total. The van der Waals surface area contributed by atoms with E-state index in [2.05, 4.69) is 10.4 Å². The van der Waals surface area contributed by atoms with Crippen LogP contribution in [0.3, 0.4) is 0 Å². The number of aromatic nitrogens is 2. The normalized spacial score (nSPS) is 10.8. The zero-order valence-electron chi connectivity index (χ0n) is 18.3. The second-order valence-corrected chi connectivity index (χ2v) is 8.46. The zero-order chi connectivity index (χ0) is 23.4. The van der Waals surface area contributed by atoms with E-state index in [0.29, 0.717) is 21.3 Å². The Kier molecular flexibility index (Phi) is 6.65. The number of hydrogen-bond acceptors (Lipinski definition) is 6. The molecule has 0 fully saturated rings. The lowest BCUT2D eigenvalue weighted by Gasteiger charge is -2.11. The van der Waals surface area contributed by atoms with E-state index in [1.165, 1.54) is 16.0 Å². The fourth-order valence-corrected chi connectivity index (χ4v) is 4.48. The average molecular weight is 462 g/mol. The summed E-state index contributed by atoms with van der Waals surface area (Å²) in [5.74, 6) is -0.987. The molecule has 1 N–H and O–H groups in total. The summed E-state index contributed by atoms with van der Waals surface area (Å²) in [6, 6.07) is 18.1. The van der Waals surface area contributed by atoms with Crippen molar-refractivity contribution in [1.29, 1.82) is 0 Å².